The fourth-order valence-electron chi connectivity index (χ4n) is 2.50. The Bertz CT molecular complexity index is 733. The first-order valence-electron chi connectivity index (χ1n) is 6.67. The van der Waals surface area contributed by atoms with Crippen molar-refractivity contribution >= 4 is 16.7 Å². The third kappa shape index (κ3) is 2.38. The average Bonchev–Trinajstić information content (AvgIpc) is 2.77. The number of aliphatic hydroxyl groups excluding tert-OH is 1. The Morgan fingerprint density at radius 1 is 1.10 bits per heavy atom. The SMILES string of the molecule is Nc1cccc(Cc2nc3ccccc3n2CCO)c1. The van der Waals surface area contributed by atoms with Crippen molar-refractivity contribution in [3.05, 3.63) is 59.9 Å². The van der Waals surface area contributed by atoms with Crippen LogP contribution in [0, 0.1) is 0 Å². The number of nitrogen functional groups attached to an aromatic ring is 1. The van der Waals surface area contributed by atoms with Crippen molar-refractivity contribution in [2.75, 3.05) is 12.3 Å². The molecular weight excluding hydrogens is 250 g/mol. The Balaban J connectivity index is 2.04. The van der Waals surface area contributed by atoms with E-state index in [0.717, 1.165) is 28.1 Å². The summed E-state index contributed by atoms with van der Waals surface area (Å²) in [7, 11) is 0. The normalized spacial score (nSPS) is 11.1. The molecular formula is C16H17N3O. The molecule has 0 fully saturated rings. The van der Waals surface area contributed by atoms with Crippen molar-refractivity contribution in [3.8, 4) is 0 Å². The molecule has 102 valence electrons. The second-order valence-corrected chi connectivity index (χ2v) is 4.81. The fourth-order valence-corrected chi connectivity index (χ4v) is 2.50. The highest BCUT2D eigenvalue weighted by atomic mass is 16.3. The summed E-state index contributed by atoms with van der Waals surface area (Å²) in [5, 5.41) is 9.26. The van der Waals surface area contributed by atoms with Crippen molar-refractivity contribution in [1.29, 1.82) is 0 Å². The fraction of sp³-hybridized carbons (Fsp3) is 0.188. The first kappa shape index (κ1) is 12.7. The number of aliphatic hydroxyl groups is 1. The van der Waals surface area contributed by atoms with Gasteiger partial charge in [-0.3, -0.25) is 0 Å². The van der Waals surface area contributed by atoms with Crippen LogP contribution in [0.2, 0.25) is 0 Å². The Morgan fingerprint density at radius 3 is 2.75 bits per heavy atom. The Hall–Kier alpha value is -2.33. The zero-order chi connectivity index (χ0) is 13.9. The second kappa shape index (κ2) is 5.35. The number of hydrogen-bond donors (Lipinski definition) is 2. The molecule has 1 aromatic heterocycles. The number of benzene rings is 2. The topological polar surface area (TPSA) is 64.1 Å². The number of fused-ring (bicyclic) bond motifs is 1. The highest BCUT2D eigenvalue weighted by Gasteiger charge is 2.10. The van der Waals surface area contributed by atoms with Gasteiger partial charge < -0.3 is 15.4 Å². The maximum atomic E-state index is 9.26. The van der Waals surface area contributed by atoms with Crippen LogP contribution in [0.5, 0.6) is 0 Å². The monoisotopic (exact) mass is 267 g/mol. The lowest BCUT2D eigenvalue weighted by Gasteiger charge is -2.07. The van der Waals surface area contributed by atoms with Gasteiger partial charge in [-0.25, -0.2) is 4.98 Å². The van der Waals surface area contributed by atoms with Crippen LogP contribution in [0.1, 0.15) is 11.4 Å². The van der Waals surface area contributed by atoms with E-state index in [4.69, 9.17) is 5.73 Å². The second-order valence-electron chi connectivity index (χ2n) is 4.81. The molecule has 1 heterocycles. The van der Waals surface area contributed by atoms with Gasteiger partial charge in [-0.2, -0.15) is 0 Å². The van der Waals surface area contributed by atoms with Crippen LogP contribution in [0.4, 0.5) is 5.69 Å². The lowest BCUT2D eigenvalue weighted by Crippen LogP contribution is -2.07. The molecule has 20 heavy (non-hydrogen) atoms. The number of anilines is 1. The van der Waals surface area contributed by atoms with Gasteiger partial charge in [0.25, 0.3) is 0 Å². The number of imidazole rings is 1. The van der Waals surface area contributed by atoms with Crippen molar-refractivity contribution in [2.45, 2.75) is 13.0 Å². The van der Waals surface area contributed by atoms with Crippen LogP contribution in [0.3, 0.4) is 0 Å². The predicted octanol–water partition coefficient (Wildman–Crippen LogP) is 2.20. The zero-order valence-corrected chi connectivity index (χ0v) is 11.2. The highest BCUT2D eigenvalue weighted by molar-refractivity contribution is 5.76. The van der Waals surface area contributed by atoms with Gasteiger partial charge in [-0.05, 0) is 29.8 Å². The quantitative estimate of drug-likeness (QED) is 0.712. The smallest absolute Gasteiger partial charge is 0.114 e. The number of nitrogens with zero attached hydrogens (tertiary/aromatic N) is 2. The summed E-state index contributed by atoms with van der Waals surface area (Å²) in [5.41, 5.74) is 9.71. The van der Waals surface area contributed by atoms with Gasteiger partial charge >= 0.3 is 0 Å². The molecule has 0 saturated carbocycles. The maximum Gasteiger partial charge on any atom is 0.114 e. The number of para-hydroxylation sites is 2. The molecule has 0 unspecified atom stereocenters. The summed E-state index contributed by atoms with van der Waals surface area (Å²) < 4.78 is 2.07. The van der Waals surface area contributed by atoms with Gasteiger partial charge in [0.1, 0.15) is 5.82 Å². The molecule has 4 heteroatoms. The molecule has 0 aliphatic rings. The van der Waals surface area contributed by atoms with Gasteiger partial charge in [-0.15, -0.1) is 0 Å². The third-order valence-corrected chi connectivity index (χ3v) is 3.37. The molecule has 0 spiro atoms. The van der Waals surface area contributed by atoms with Crippen molar-refractivity contribution in [2.24, 2.45) is 0 Å². The molecule has 0 atom stereocenters. The van der Waals surface area contributed by atoms with Gasteiger partial charge in [-0.1, -0.05) is 24.3 Å². The lowest BCUT2D eigenvalue weighted by molar-refractivity contribution is 0.276. The summed E-state index contributed by atoms with van der Waals surface area (Å²) in [6, 6.07) is 15.8. The van der Waals surface area contributed by atoms with E-state index < -0.39 is 0 Å². The number of hydrogen-bond acceptors (Lipinski definition) is 3. The summed E-state index contributed by atoms with van der Waals surface area (Å²) in [5.74, 6) is 0.950. The lowest BCUT2D eigenvalue weighted by atomic mass is 10.1. The van der Waals surface area contributed by atoms with E-state index in [9.17, 15) is 5.11 Å². The van der Waals surface area contributed by atoms with Crippen LogP contribution < -0.4 is 5.73 Å². The molecule has 0 aliphatic heterocycles. The molecule has 0 radical (unpaired) electrons. The standard InChI is InChI=1S/C16H17N3O/c17-13-5-3-4-12(10-13)11-16-18-14-6-1-2-7-15(14)19(16)8-9-20/h1-7,10,20H,8-9,11,17H2. The Labute approximate surface area is 117 Å². The molecule has 0 aliphatic carbocycles. The highest BCUT2D eigenvalue weighted by Crippen LogP contribution is 2.19. The molecule has 0 saturated heterocycles. The molecule has 3 rings (SSSR count). The Kier molecular flexibility index (Phi) is 3.39. The van der Waals surface area contributed by atoms with Gasteiger partial charge in [0, 0.05) is 18.7 Å². The van der Waals surface area contributed by atoms with Crippen LogP contribution in [-0.4, -0.2) is 21.3 Å². The average molecular weight is 267 g/mol. The van der Waals surface area contributed by atoms with Gasteiger partial charge in [0.15, 0.2) is 0 Å². The van der Waals surface area contributed by atoms with E-state index in [2.05, 4.69) is 9.55 Å². The minimum absolute atomic E-state index is 0.101. The van der Waals surface area contributed by atoms with Crippen molar-refractivity contribution in [1.82, 2.24) is 9.55 Å². The summed E-state index contributed by atoms with van der Waals surface area (Å²) in [6.07, 6.45) is 0.708. The van der Waals surface area contributed by atoms with E-state index in [1.54, 1.807) is 0 Å². The first-order valence-corrected chi connectivity index (χ1v) is 6.67. The van der Waals surface area contributed by atoms with E-state index in [1.165, 1.54) is 0 Å². The van der Waals surface area contributed by atoms with E-state index in [-0.39, 0.29) is 6.61 Å². The summed E-state index contributed by atoms with van der Waals surface area (Å²) in [4.78, 5) is 4.67. The van der Waals surface area contributed by atoms with E-state index >= 15 is 0 Å². The molecule has 0 amide bonds. The molecule has 3 aromatic rings. The number of aromatic nitrogens is 2. The minimum atomic E-state index is 0.101. The number of rotatable bonds is 4. The first-order chi connectivity index (χ1) is 9.78. The van der Waals surface area contributed by atoms with E-state index in [0.29, 0.717) is 13.0 Å². The van der Waals surface area contributed by atoms with Crippen LogP contribution in [0.25, 0.3) is 11.0 Å². The number of nitrogens with two attached hydrogens (primary N) is 1. The van der Waals surface area contributed by atoms with Gasteiger partial charge in [0.2, 0.25) is 0 Å². The van der Waals surface area contributed by atoms with Crippen LogP contribution in [-0.2, 0) is 13.0 Å². The molecule has 2 aromatic carbocycles. The van der Waals surface area contributed by atoms with Crippen LogP contribution in [0.15, 0.2) is 48.5 Å². The molecule has 3 N–H and O–H groups in total. The summed E-state index contributed by atoms with van der Waals surface area (Å²) in [6.45, 7) is 0.655. The largest absolute Gasteiger partial charge is 0.399 e. The van der Waals surface area contributed by atoms with Crippen molar-refractivity contribution in [3.63, 3.8) is 0 Å². The predicted molar refractivity (Wildman–Crippen MR) is 80.5 cm³/mol. The minimum Gasteiger partial charge on any atom is -0.399 e. The van der Waals surface area contributed by atoms with E-state index in [1.807, 2.05) is 48.5 Å². The Morgan fingerprint density at radius 2 is 1.95 bits per heavy atom. The molecule has 4 nitrogen and oxygen atoms in total. The van der Waals surface area contributed by atoms with Crippen LogP contribution >= 0.6 is 0 Å². The zero-order valence-electron chi connectivity index (χ0n) is 11.2. The maximum absolute atomic E-state index is 9.26. The third-order valence-electron chi connectivity index (χ3n) is 3.37. The van der Waals surface area contributed by atoms with Crippen molar-refractivity contribution < 1.29 is 5.11 Å². The van der Waals surface area contributed by atoms with Gasteiger partial charge in [0.05, 0.1) is 17.6 Å². The summed E-state index contributed by atoms with van der Waals surface area (Å²) >= 11 is 0. The molecule has 0 bridgehead atoms.